The van der Waals surface area contributed by atoms with Crippen LogP contribution in [0.15, 0.2) is 179 Å². The third-order valence-corrected chi connectivity index (χ3v) is 11.1. The third-order valence-electron chi connectivity index (χ3n) is 11.1. The molecule has 0 N–H and O–H groups in total. The van der Waals surface area contributed by atoms with E-state index in [0.717, 1.165) is 78.0 Å². The Hall–Kier alpha value is -6.78. The first-order chi connectivity index (χ1) is 27.4. The number of hydrogen-bond acceptors (Lipinski definition) is 4. The highest BCUT2D eigenvalue weighted by Crippen LogP contribution is 2.47. The first-order valence-electron chi connectivity index (χ1n) is 19.6. The maximum atomic E-state index is 6.97. The van der Waals surface area contributed by atoms with Crippen LogP contribution in [0.3, 0.4) is 0 Å². The summed E-state index contributed by atoms with van der Waals surface area (Å²) in [6.45, 7) is 9.11. The topological polar surface area (TPSA) is 32.8 Å². The van der Waals surface area contributed by atoms with Crippen molar-refractivity contribution in [1.82, 2.24) is 0 Å². The molecule has 4 nitrogen and oxygen atoms in total. The molecule has 0 amide bonds. The second-order valence-electron chi connectivity index (χ2n) is 15.3. The second-order valence-corrected chi connectivity index (χ2v) is 15.3. The van der Waals surface area contributed by atoms with Crippen LogP contribution in [0.4, 0.5) is 34.1 Å². The summed E-state index contributed by atoms with van der Waals surface area (Å²) in [6.07, 6.45) is 0. The predicted molar refractivity (Wildman–Crippen MR) is 236 cm³/mol. The smallest absolute Gasteiger partial charge is 0.139 e. The molecule has 0 radical (unpaired) electrons. The van der Waals surface area contributed by atoms with Crippen molar-refractivity contribution >= 4 is 88.8 Å². The first kappa shape index (κ1) is 33.8. The van der Waals surface area contributed by atoms with Gasteiger partial charge in [-0.1, -0.05) is 100 Å². The maximum absolute atomic E-state index is 6.97. The van der Waals surface area contributed by atoms with Crippen LogP contribution in [0.25, 0.3) is 54.6 Å². The van der Waals surface area contributed by atoms with Gasteiger partial charge in [0.1, 0.15) is 22.3 Å². The van der Waals surface area contributed by atoms with E-state index >= 15 is 0 Å². The zero-order valence-corrected chi connectivity index (χ0v) is 32.0. The first-order valence-corrected chi connectivity index (χ1v) is 19.6. The van der Waals surface area contributed by atoms with Gasteiger partial charge in [-0.25, -0.2) is 0 Å². The fraction of sp³-hybridized carbons (Fsp3) is 0.115. The van der Waals surface area contributed by atoms with Crippen molar-refractivity contribution in [3.8, 4) is 0 Å². The lowest BCUT2D eigenvalue weighted by Crippen LogP contribution is -2.09. The van der Waals surface area contributed by atoms with Crippen molar-refractivity contribution in [2.45, 2.75) is 39.5 Å². The van der Waals surface area contributed by atoms with Crippen molar-refractivity contribution < 1.29 is 8.83 Å². The number of nitrogens with zero attached hydrogens (tertiary/aromatic N) is 2. The normalized spacial score (nSPS) is 11.9. The Bertz CT molecular complexity index is 2730. The van der Waals surface area contributed by atoms with Crippen LogP contribution in [-0.4, -0.2) is 0 Å². The SMILES string of the molecule is CC(C)c1c2cc3c(oc4cc(N(c5ccccc5)c5ccccc5)ccc43)c(C(C)C)c2cc2c1oc1cc(N(c3ccccc3)c3ccccc3)ccc12. The molecule has 0 aliphatic heterocycles. The van der Waals surface area contributed by atoms with Gasteiger partial charge in [0.15, 0.2) is 0 Å². The number of rotatable bonds is 8. The van der Waals surface area contributed by atoms with Crippen LogP contribution in [0, 0.1) is 0 Å². The summed E-state index contributed by atoms with van der Waals surface area (Å²) in [5.74, 6) is 0.442. The molecule has 56 heavy (non-hydrogen) atoms. The Morgan fingerprint density at radius 1 is 0.321 bits per heavy atom. The van der Waals surface area contributed by atoms with E-state index in [1.54, 1.807) is 0 Å². The highest BCUT2D eigenvalue weighted by atomic mass is 16.3. The standard InChI is InChI=1S/C52H42N2O2/c1-33(2)49-43-31-46-42-28-26-40(54(37-21-13-7-14-22-37)38-23-15-8-16-24-38)30-48(42)56-52(46)50(34(3)4)44(43)32-45-41-27-25-39(29-47(41)55-51(45)49)53(35-17-9-5-10-18-35)36-19-11-6-12-20-36/h5-34H,1-4H3. The lowest BCUT2D eigenvalue weighted by atomic mass is 9.87. The molecule has 0 spiro atoms. The average Bonchev–Trinajstić information content (AvgIpc) is 3.77. The van der Waals surface area contributed by atoms with Crippen LogP contribution in [-0.2, 0) is 0 Å². The van der Waals surface area contributed by atoms with Gasteiger partial charge in [0, 0.05) is 78.9 Å². The monoisotopic (exact) mass is 726 g/mol. The van der Waals surface area contributed by atoms with Gasteiger partial charge in [0.2, 0.25) is 0 Å². The minimum absolute atomic E-state index is 0.221. The molecule has 0 aliphatic rings. The van der Waals surface area contributed by atoms with Gasteiger partial charge in [0.05, 0.1) is 0 Å². The molecule has 10 aromatic rings. The maximum Gasteiger partial charge on any atom is 0.139 e. The van der Waals surface area contributed by atoms with E-state index in [1.165, 1.54) is 21.9 Å². The zero-order chi connectivity index (χ0) is 37.9. The highest BCUT2D eigenvalue weighted by Gasteiger charge is 2.25. The molecule has 4 heteroatoms. The molecule has 0 fully saturated rings. The molecular weight excluding hydrogens is 685 g/mol. The van der Waals surface area contributed by atoms with Crippen LogP contribution in [0.1, 0.15) is 50.7 Å². The molecule has 0 atom stereocenters. The van der Waals surface area contributed by atoms with E-state index in [4.69, 9.17) is 8.83 Å². The number of hydrogen-bond donors (Lipinski definition) is 0. The van der Waals surface area contributed by atoms with Crippen LogP contribution in [0.2, 0.25) is 0 Å². The Morgan fingerprint density at radius 3 is 0.946 bits per heavy atom. The predicted octanol–water partition coefficient (Wildman–Crippen LogP) is 15.8. The molecule has 0 bridgehead atoms. The summed E-state index contributed by atoms with van der Waals surface area (Å²) in [5.41, 5.74) is 12.6. The summed E-state index contributed by atoms with van der Waals surface area (Å²) in [7, 11) is 0. The van der Waals surface area contributed by atoms with Gasteiger partial charge in [-0.3, -0.25) is 0 Å². The van der Waals surface area contributed by atoms with E-state index in [-0.39, 0.29) is 11.8 Å². The molecule has 8 aromatic carbocycles. The molecule has 272 valence electrons. The van der Waals surface area contributed by atoms with Crippen molar-refractivity contribution in [2.75, 3.05) is 9.80 Å². The molecule has 10 rings (SSSR count). The van der Waals surface area contributed by atoms with Gasteiger partial charge in [-0.2, -0.15) is 0 Å². The summed E-state index contributed by atoms with van der Waals surface area (Å²) < 4.78 is 13.9. The molecule has 2 aromatic heterocycles. The van der Waals surface area contributed by atoms with Crippen LogP contribution >= 0.6 is 0 Å². The van der Waals surface area contributed by atoms with E-state index in [1.807, 2.05) is 0 Å². The van der Waals surface area contributed by atoms with E-state index in [2.05, 4.69) is 207 Å². The average molecular weight is 727 g/mol. The Kier molecular flexibility index (Phi) is 8.14. The van der Waals surface area contributed by atoms with Gasteiger partial charge >= 0.3 is 0 Å². The number of para-hydroxylation sites is 4. The quantitative estimate of drug-likeness (QED) is 0.156. The Balaban J connectivity index is 1.18. The summed E-state index contributed by atoms with van der Waals surface area (Å²) in [4.78, 5) is 4.57. The lowest BCUT2D eigenvalue weighted by Gasteiger charge is -2.25. The van der Waals surface area contributed by atoms with E-state index in [0.29, 0.717) is 0 Å². The number of fused-ring (bicyclic) bond motifs is 7. The van der Waals surface area contributed by atoms with Crippen molar-refractivity contribution in [3.63, 3.8) is 0 Å². The zero-order valence-electron chi connectivity index (χ0n) is 32.0. The molecule has 0 unspecified atom stereocenters. The number of anilines is 6. The van der Waals surface area contributed by atoms with Crippen molar-refractivity contribution in [3.05, 3.63) is 181 Å². The minimum Gasteiger partial charge on any atom is -0.456 e. The van der Waals surface area contributed by atoms with Gasteiger partial charge in [-0.05, 0) is 108 Å². The molecular formula is C52H42N2O2. The lowest BCUT2D eigenvalue weighted by molar-refractivity contribution is 0.656. The fourth-order valence-corrected chi connectivity index (χ4v) is 8.66. The van der Waals surface area contributed by atoms with Gasteiger partial charge < -0.3 is 18.6 Å². The van der Waals surface area contributed by atoms with Crippen LogP contribution in [0.5, 0.6) is 0 Å². The highest BCUT2D eigenvalue weighted by molar-refractivity contribution is 6.19. The van der Waals surface area contributed by atoms with Crippen LogP contribution < -0.4 is 9.80 Å². The molecule has 0 saturated heterocycles. The molecule has 0 saturated carbocycles. The summed E-state index contributed by atoms with van der Waals surface area (Å²) >= 11 is 0. The summed E-state index contributed by atoms with van der Waals surface area (Å²) in [6, 6.07) is 60.1. The van der Waals surface area contributed by atoms with Crippen molar-refractivity contribution in [2.24, 2.45) is 0 Å². The Labute approximate surface area is 326 Å². The molecule has 2 heterocycles. The van der Waals surface area contributed by atoms with E-state index < -0.39 is 0 Å². The van der Waals surface area contributed by atoms with Crippen molar-refractivity contribution in [1.29, 1.82) is 0 Å². The number of furan rings is 2. The minimum atomic E-state index is 0.221. The third kappa shape index (κ3) is 5.52. The second kappa shape index (κ2) is 13.5. The summed E-state index contributed by atoms with van der Waals surface area (Å²) in [5, 5.41) is 6.93. The molecule has 0 aliphatic carbocycles. The fourth-order valence-electron chi connectivity index (χ4n) is 8.66. The largest absolute Gasteiger partial charge is 0.456 e. The van der Waals surface area contributed by atoms with E-state index in [9.17, 15) is 0 Å². The number of benzene rings is 8. The van der Waals surface area contributed by atoms with Gasteiger partial charge in [0.25, 0.3) is 0 Å². The Morgan fingerprint density at radius 2 is 0.643 bits per heavy atom. The van der Waals surface area contributed by atoms with Gasteiger partial charge in [-0.15, -0.1) is 0 Å².